The van der Waals surface area contributed by atoms with Crippen LogP contribution in [0.4, 0.5) is 6.01 Å². The number of carbonyl (C=O) groups is 1. The van der Waals surface area contributed by atoms with Gasteiger partial charge in [-0.2, -0.15) is 4.98 Å². The van der Waals surface area contributed by atoms with Crippen molar-refractivity contribution in [1.82, 2.24) is 15.0 Å². The third-order valence-electron chi connectivity index (χ3n) is 3.72. The molecule has 0 radical (unpaired) electrons. The van der Waals surface area contributed by atoms with Crippen LogP contribution >= 0.6 is 11.6 Å². The summed E-state index contributed by atoms with van der Waals surface area (Å²) in [5, 5.41) is 4.64. The van der Waals surface area contributed by atoms with Crippen LogP contribution in [0.3, 0.4) is 0 Å². The highest BCUT2D eigenvalue weighted by atomic mass is 35.5. The van der Waals surface area contributed by atoms with E-state index in [2.05, 4.69) is 14.9 Å². The number of rotatable bonds is 4. The van der Waals surface area contributed by atoms with Crippen molar-refractivity contribution >= 4 is 23.6 Å². The highest BCUT2D eigenvalue weighted by Crippen LogP contribution is 2.23. The average molecular weight is 337 g/mol. The van der Waals surface area contributed by atoms with Crippen LogP contribution < -0.4 is 4.90 Å². The number of carbonyl (C=O) groups excluding carboxylic acids is 1. The second-order valence-electron chi connectivity index (χ2n) is 5.25. The minimum atomic E-state index is -0.223. The van der Waals surface area contributed by atoms with Crippen molar-refractivity contribution in [2.45, 2.75) is 0 Å². The van der Waals surface area contributed by atoms with Gasteiger partial charge in [0.2, 0.25) is 5.82 Å². The quantitative estimate of drug-likeness (QED) is 0.787. The zero-order valence-corrected chi connectivity index (χ0v) is 13.5. The Labute approximate surface area is 138 Å². The number of ether oxygens (including phenoxy) is 1. The minimum absolute atomic E-state index is 0.223. The van der Waals surface area contributed by atoms with Crippen molar-refractivity contribution in [3.05, 3.63) is 29.3 Å². The molecule has 2 aromatic rings. The maximum Gasteiger partial charge on any atom is 0.324 e. The van der Waals surface area contributed by atoms with Crippen LogP contribution in [0.2, 0.25) is 5.02 Å². The number of piperazine rings is 1. The second kappa shape index (κ2) is 6.97. The lowest BCUT2D eigenvalue weighted by molar-refractivity contribution is -0.142. The molecule has 1 aromatic heterocycles. The van der Waals surface area contributed by atoms with Gasteiger partial charge in [-0.25, -0.2) is 0 Å². The Morgan fingerprint density at radius 3 is 2.83 bits per heavy atom. The molecule has 0 amide bonds. The molecule has 0 saturated carbocycles. The van der Waals surface area contributed by atoms with Crippen molar-refractivity contribution in [3.63, 3.8) is 0 Å². The smallest absolute Gasteiger partial charge is 0.324 e. The molecular formula is C15H17ClN4O3. The van der Waals surface area contributed by atoms with E-state index in [1.54, 1.807) is 12.1 Å². The Morgan fingerprint density at radius 1 is 1.35 bits per heavy atom. The van der Waals surface area contributed by atoms with Crippen LogP contribution in [0.1, 0.15) is 0 Å². The maximum atomic E-state index is 11.3. The largest absolute Gasteiger partial charge is 0.468 e. The third-order valence-corrected chi connectivity index (χ3v) is 3.96. The molecule has 0 unspecified atom stereocenters. The number of hydrogen-bond acceptors (Lipinski definition) is 7. The first-order chi connectivity index (χ1) is 11.2. The fourth-order valence-corrected chi connectivity index (χ4v) is 2.62. The topological polar surface area (TPSA) is 71.7 Å². The molecule has 3 rings (SSSR count). The van der Waals surface area contributed by atoms with E-state index in [4.69, 9.17) is 16.1 Å². The first-order valence-electron chi connectivity index (χ1n) is 7.29. The van der Waals surface area contributed by atoms with Crippen molar-refractivity contribution in [2.24, 2.45) is 0 Å². The molecule has 1 fully saturated rings. The monoisotopic (exact) mass is 336 g/mol. The standard InChI is InChI=1S/C15H17ClN4O3/c1-22-13(21)10-19-5-7-20(8-6-19)15-17-14(18-23-15)11-3-2-4-12(16)9-11/h2-4,9H,5-8,10H2,1H3. The summed E-state index contributed by atoms with van der Waals surface area (Å²) in [6, 6.07) is 7.81. The third kappa shape index (κ3) is 3.80. The van der Waals surface area contributed by atoms with Gasteiger partial charge in [0, 0.05) is 36.8 Å². The fraction of sp³-hybridized carbons (Fsp3) is 0.400. The summed E-state index contributed by atoms with van der Waals surface area (Å²) in [5.41, 5.74) is 0.817. The van der Waals surface area contributed by atoms with Gasteiger partial charge in [-0.1, -0.05) is 28.9 Å². The summed E-state index contributed by atoms with van der Waals surface area (Å²) in [6.07, 6.45) is 0. The van der Waals surface area contributed by atoms with Gasteiger partial charge in [0.1, 0.15) is 0 Å². The molecule has 1 aliphatic rings. The summed E-state index contributed by atoms with van der Waals surface area (Å²) in [6.45, 7) is 3.22. The number of halogens is 1. The van der Waals surface area contributed by atoms with Crippen LogP contribution in [-0.4, -0.2) is 60.8 Å². The summed E-state index contributed by atoms with van der Waals surface area (Å²) in [4.78, 5) is 19.8. The summed E-state index contributed by atoms with van der Waals surface area (Å²) >= 11 is 5.98. The molecule has 0 spiro atoms. The van der Waals surface area contributed by atoms with E-state index in [9.17, 15) is 4.79 Å². The Balaban J connectivity index is 1.62. The van der Waals surface area contributed by atoms with Gasteiger partial charge in [0.15, 0.2) is 0 Å². The normalized spacial score (nSPS) is 15.7. The van der Waals surface area contributed by atoms with Gasteiger partial charge in [0.25, 0.3) is 0 Å². The molecule has 1 aromatic carbocycles. The Kier molecular flexibility index (Phi) is 4.78. The molecule has 8 heteroatoms. The zero-order valence-electron chi connectivity index (χ0n) is 12.7. The van der Waals surface area contributed by atoms with E-state index < -0.39 is 0 Å². The molecule has 1 saturated heterocycles. The molecule has 0 atom stereocenters. The summed E-state index contributed by atoms with van der Waals surface area (Å²) < 4.78 is 10.0. The summed E-state index contributed by atoms with van der Waals surface area (Å²) in [7, 11) is 1.40. The van der Waals surface area contributed by atoms with Gasteiger partial charge >= 0.3 is 12.0 Å². The fourth-order valence-electron chi connectivity index (χ4n) is 2.43. The van der Waals surface area contributed by atoms with Gasteiger partial charge in [0.05, 0.1) is 13.7 Å². The Bertz CT molecular complexity index is 683. The van der Waals surface area contributed by atoms with E-state index in [-0.39, 0.29) is 5.97 Å². The van der Waals surface area contributed by atoms with Gasteiger partial charge < -0.3 is 14.2 Å². The van der Waals surface area contributed by atoms with Crippen molar-refractivity contribution in [2.75, 3.05) is 44.7 Å². The predicted octanol–water partition coefficient (Wildman–Crippen LogP) is 1.69. The van der Waals surface area contributed by atoms with E-state index in [1.165, 1.54) is 7.11 Å². The van der Waals surface area contributed by atoms with Gasteiger partial charge in [-0.3, -0.25) is 9.69 Å². The molecule has 1 aliphatic heterocycles. The molecule has 122 valence electrons. The number of esters is 1. The lowest BCUT2D eigenvalue weighted by Crippen LogP contribution is -2.48. The number of aromatic nitrogens is 2. The molecule has 0 N–H and O–H groups in total. The maximum absolute atomic E-state index is 11.3. The molecule has 0 aliphatic carbocycles. The first-order valence-corrected chi connectivity index (χ1v) is 7.67. The van der Waals surface area contributed by atoms with Crippen LogP contribution in [0.25, 0.3) is 11.4 Å². The Hall–Kier alpha value is -2.12. The van der Waals surface area contributed by atoms with Crippen molar-refractivity contribution in [3.8, 4) is 11.4 Å². The average Bonchev–Trinajstić information content (AvgIpc) is 3.05. The SMILES string of the molecule is COC(=O)CN1CCN(c2nc(-c3cccc(Cl)c3)no2)CC1. The number of anilines is 1. The molecule has 7 nitrogen and oxygen atoms in total. The highest BCUT2D eigenvalue weighted by Gasteiger charge is 2.23. The minimum Gasteiger partial charge on any atom is -0.468 e. The van der Waals surface area contributed by atoms with E-state index >= 15 is 0 Å². The molecular weight excluding hydrogens is 320 g/mol. The van der Waals surface area contributed by atoms with Crippen molar-refractivity contribution in [1.29, 1.82) is 0 Å². The van der Waals surface area contributed by atoms with Gasteiger partial charge in [-0.05, 0) is 12.1 Å². The van der Waals surface area contributed by atoms with Gasteiger partial charge in [-0.15, -0.1) is 0 Å². The number of hydrogen-bond donors (Lipinski definition) is 0. The van der Waals surface area contributed by atoms with Crippen LogP contribution in [-0.2, 0) is 9.53 Å². The molecule has 2 heterocycles. The number of benzene rings is 1. The zero-order chi connectivity index (χ0) is 16.2. The lowest BCUT2D eigenvalue weighted by atomic mass is 10.2. The van der Waals surface area contributed by atoms with E-state index in [1.807, 2.05) is 21.9 Å². The highest BCUT2D eigenvalue weighted by molar-refractivity contribution is 6.30. The summed E-state index contributed by atoms with van der Waals surface area (Å²) in [5.74, 6) is 0.291. The van der Waals surface area contributed by atoms with Crippen LogP contribution in [0.5, 0.6) is 0 Å². The van der Waals surface area contributed by atoms with E-state index in [0.29, 0.717) is 36.5 Å². The molecule has 0 bridgehead atoms. The van der Waals surface area contributed by atoms with Crippen LogP contribution in [0.15, 0.2) is 28.8 Å². The molecule has 23 heavy (non-hydrogen) atoms. The van der Waals surface area contributed by atoms with Crippen LogP contribution in [0, 0.1) is 0 Å². The van der Waals surface area contributed by atoms with Crippen molar-refractivity contribution < 1.29 is 14.1 Å². The Morgan fingerprint density at radius 2 is 2.13 bits per heavy atom. The predicted molar refractivity (Wildman–Crippen MR) is 85.4 cm³/mol. The number of methoxy groups -OCH3 is 1. The lowest BCUT2D eigenvalue weighted by Gasteiger charge is -2.32. The first kappa shape index (κ1) is 15.8. The second-order valence-corrected chi connectivity index (χ2v) is 5.69. The number of nitrogens with zero attached hydrogens (tertiary/aromatic N) is 4. The van der Waals surface area contributed by atoms with E-state index in [0.717, 1.165) is 18.7 Å².